The maximum atomic E-state index is 13.1. The summed E-state index contributed by atoms with van der Waals surface area (Å²) in [5.41, 5.74) is -1.83. The highest BCUT2D eigenvalue weighted by molar-refractivity contribution is 5.90. The van der Waals surface area contributed by atoms with Crippen LogP contribution in [0.25, 0.3) is 0 Å². The number of piperidine rings is 1. The van der Waals surface area contributed by atoms with E-state index >= 15 is 0 Å². The van der Waals surface area contributed by atoms with Crippen LogP contribution < -0.4 is 10.6 Å². The molecule has 1 aliphatic rings. The molecule has 1 saturated heterocycles. The zero-order valence-electron chi connectivity index (χ0n) is 16.2. The van der Waals surface area contributed by atoms with Crippen LogP contribution >= 0.6 is 0 Å². The SMILES string of the molecule is CC(C)(C)OC(=O)NC[C@H]1CCCCN1C(=O)Nc1ccccc1C(F)(F)F. The van der Waals surface area contributed by atoms with Gasteiger partial charge in [-0.05, 0) is 52.2 Å². The summed E-state index contributed by atoms with van der Waals surface area (Å²) >= 11 is 0. The molecule has 1 heterocycles. The number of alkyl halides is 3. The molecule has 0 unspecified atom stereocenters. The average molecular weight is 401 g/mol. The zero-order valence-corrected chi connectivity index (χ0v) is 16.2. The summed E-state index contributed by atoms with van der Waals surface area (Å²) in [5.74, 6) is 0. The average Bonchev–Trinajstić information content (AvgIpc) is 2.58. The molecule has 3 amide bonds. The fraction of sp³-hybridized carbons (Fsp3) is 0.579. The van der Waals surface area contributed by atoms with E-state index in [-0.39, 0.29) is 18.3 Å². The summed E-state index contributed by atoms with van der Waals surface area (Å²) < 4.78 is 44.6. The van der Waals surface area contributed by atoms with E-state index in [1.807, 2.05) is 0 Å². The molecule has 1 aliphatic heterocycles. The molecule has 0 bridgehead atoms. The third-order valence-corrected chi connectivity index (χ3v) is 4.24. The van der Waals surface area contributed by atoms with Crippen LogP contribution in [0.3, 0.4) is 0 Å². The number of amides is 3. The zero-order chi connectivity index (χ0) is 20.9. The van der Waals surface area contributed by atoms with E-state index in [2.05, 4.69) is 10.6 Å². The molecule has 28 heavy (non-hydrogen) atoms. The van der Waals surface area contributed by atoms with Gasteiger partial charge in [0.05, 0.1) is 17.3 Å². The van der Waals surface area contributed by atoms with Crippen molar-refractivity contribution in [2.24, 2.45) is 0 Å². The first kappa shape index (κ1) is 21.8. The topological polar surface area (TPSA) is 70.7 Å². The van der Waals surface area contributed by atoms with E-state index in [4.69, 9.17) is 4.74 Å². The van der Waals surface area contributed by atoms with Crippen LogP contribution in [-0.2, 0) is 10.9 Å². The minimum absolute atomic E-state index is 0.170. The Labute approximate surface area is 162 Å². The highest BCUT2D eigenvalue weighted by Gasteiger charge is 2.35. The van der Waals surface area contributed by atoms with Gasteiger partial charge in [-0.15, -0.1) is 0 Å². The lowest BCUT2D eigenvalue weighted by molar-refractivity contribution is -0.136. The van der Waals surface area contributed by atoms with Gasteiger partial charge in [-0.2, -0.15) is 13.2 Å². The minimum atomic E-state index is -4.57. The molecule has 1 atom stereocenters. The number of ether oxygens (including phenoxy) is 1. The number of halogens is 3. The molecule has 0 saturated carbocycles. The van der Waals surface area contributed by atoms with E-state index in [9.17, 15) is 22.8 Å². The third-order valence-electron chi connectivity index (χ3n) is 4.24. The highest BCUT2D eigenvalue weighted by atomic mass is 19.4. The quantitative estimate of drug-likeness (QED) is 0.777. The summed E-state index contributed by atoms with van der Waals surface area (Å²) in [6, 6.07) is 3.91. The number of likely N-dealkylation sites (tertiary alicyclic amines) is 1. The van der Waals surface area contributed by atoms with Gasteiger partial charge in [-0.1, -0.05) is 12.1 Å². The number of rotatable bonds is 3. The van der Waals surface area contributed by atoms with Gasteiger partial charge in [-0.3, -0.25) is 0 Å². The van der Waals surface area contributed by atoms with Crippen LogP contribution in [0.15, 0.2) is 24.3 Å². The number of anilines is 1. The Bertz CT molecular complexity index is 702. The van der Waals surface area contributed by atoms with Crippen LogP contribution in [0.5, 0.6) is 0 Å². The van der Waals surface area contributed by atoms with Crippen molar-refractivity contribution in [3.8, 4) is 0 Å². The van der Waals surface area contributed by atoms with Crippen LogP contribution in [0.2, 0.25) is 0 Å². The summed E-state index contributed by atoms with van der Waals surface area (Å²) in [5, 5.41) is 5.00. The Hall–Kier alpha value is -2.45. The third kappa shape index (κ3) is 6.31. The van der Waals surface area contributed by atoms with Crippen molar-refractivity contribution in [2.75, 3.05) is 18.4 Å². The molecule has 1 aromatic carbocycles. The number of para-hydroxylation sites is 1. The van der Waals surface area contributed by atoms with Gasteiger partial charge >= 0.3 is 18.3 Å². The van der Waals surface area contributed by atoms with E-state index < -0.39 is 29.5 Å². The lowest BCUT2D eigenvalue weighted by atomic mass is 10.0. The van der Waals surface area contributed by atoms with Crippen molar-refractivity contribution < 1.29 is 27.5 Å². The first-order chi connectivity index (χ1) is 13.0. The number of carbonyl (C=O) groups is 2. The second-order valence-corrected chi connectivity index (χ2v) is 7.70. The second kappa shape index (κ2) is 8.70. The van der Waals surface area contributed by atoms with Gasteiger partial charge in [0.2, 0.25) is 0 Å². The molecule has 156 valence electrons. The molecule has 1 aromatic rings. The lowest BCUT2D eigenvalue weighted by Gasteiger charge is -2.36. The Balaban J connectivity index is 2.04. The molecule has 0 aliphatic carbocycles. The Kier molecular flexibility index (Phi) is 6.79. The van der Waals surface area contributed by atoms with Gasteiger partial charge in [-0.25, -0.2) is 9.59 Å². The predicted molar refractivity (Wildman–Crippen MR) is 99.0 cm³/mol. The van der Waals surface area contributed by atoms with Crippen molar-refractivity contribution in [3.05, 3.63) is 29.8 Å². The number of nitrogens with zero attached hydrogens (tertiary/aromatic N) is 1. The molecule has 6 nitrogen and oxygen atoms in total. The van der Waals surface area contributed by atoms with Crippen molar-refractivity contribution in [1.29, 1.82) is 0 Å². The van der Waals surface area contributed by atoms with Gasteiger partial charge < -0.3 is 20.3 Å². The summed E-state index contributed by atoms with van der Waals surface area (Å²) in [6.45, 7) is 5.80. The number of nitrogens with one attached hydrogen (secondary N) is 2. The molecule has 1 fully saturated rings. The number of urea groups is 1. The van der Waals surface area contributed by atoms with E-state index in [1.165, 1.54) is 23.1 Å². The van der Waals surface area contributed by atoms with Crippen molar-refractivity contribution in [2.45, 2.75) is 57.9 Å². The first-order valence-corrected chi connectivity index (χ1v) is 9.18. The Morgan fingerprint density at radius 3 is 2.50 bits per heavy atom. The molecule has 0 radical (unpaired) electrons. The number of hydrogen-bond donors (Lipinski definition) is 2. The van der Waals surface area contributed by atoms with Gasteiger partial charge in [0.1, 0.15) is 5.60 Å². The first-order valence-electron chi connectivity index (χ1n) is 9.18. The van der Waals surface area contributed by atoms with Crippen molar-refractivity contribution in [1.82, 2.24) is 10.2 Å². The largest absolute Gasteiger partial charge is 0.444 e. The molecular weight excluding hydrogens is 375 g/mol. The maximum Gasteiger partial charge on any atom is 0.418 e. The predicted octanol–water partition coefficient (Wildman–Crippen LogP) is 4.62. The fourth-order valence-corrected chi connectivity index (χ4v) is 3.02. The minimum Gasteiger partial charge on any atom is -0.444 e. The number of alkyl carbamates (subject to hydrolysis) is 1. The molecular formula is C19H26F3N3O3. The van der Waals surface area contributed by atoms with E-state index in [1.54, 1.807) is 20.8 Å². The van der Waals surface area contributed by atoms with Gasteiger partial charge in [0.25, 0.3) is 0 Å². The highest BCUT2D eigenvalue weighted by Crippen LogP contribution is 2.34. The molecule has 2 N–H and O–H groups in total. The second-order valence-electron chi connectivity index (χ2n) is 7.70. The van der Waals surface area contributed by atoms with Crippen LogP contribution in [0.1, 0.15) is 45.6 Å². The van der Waals surface area contributed by atoms with Crippen molar-refractivity contribution in [3.63, 3.8) is 0 Å². The summed E-state index contributed by atoms with van der Waals surface area (Å²) in [7, 11) is 0. The number of carbonyl (C=O) groups excluding carboxylic acids is 2. The summed E-state index contributed by atoms with van der Waals surface area (Å²) in [6.07, 6.45) is -2.91. The van der Waals surface area contributed by atoms with E-state index in [0.717, 1.165) is 18.9 Å². The maximum absolute atomic E-state index is 13.1. The van der Waals surface area contributed by atoms with E-state index in [0.29, 0.717) is 13.0 Å². The number of hydrogen-bond acceptors (Lipinski definition) is 3. The summed E-state index contributed by atoms with van der Waals surface area (Å²) in [4.78, 5) is 25.9. The monoisotopic (exact) mass is 401 g/mol. The van der Waals surface area contributed by atoms with Gasteiger partial charge in [0, 0.05) is 13.1 Å². The Morgan fingerprint density at radius 2 is 1.86 bits per heavy atom. The van der Waals surface area contributed by atoms with Crippen LogP contribution in [0.4, 0.5) is 28.4 Å². The normalized spacial score (nSPS) is 17.8. The van der Waals surface area contributed by atoms with Gasteiger partial charge in [0.15, 0.2) is 0 Å². The molecule has 9 heteroatoms. The smallest absolute Gasteiger partial charge is 0.418 e. The Morgan fingerprint density at radius 1 is 1.18 bits per heavy atom. The molecule has 2 rings (SSSR count). The molecule has 0 aromatic heterocycles. The standard InChI is InChI=1S/C19H26F3N3O3/c1-18(2,3)28-17(27)23-12-13-8-6-7-11-25(13)16(26)24-15-10-5-4-9-14(15)19(20,21)22/h4-5,9-10,13H,6-8,11-12H2,1-3H3,(H,23,27)(H,24,26)/t13-/m1/s1. The lowest BCUT2D eigenvalue weighted by Crippen LogP contribution is -2.51. The van der Waals surface area contributed by atoms with Crippen LogP contribution in [0, 0.1) is 0 Å². The van der Waals surface area contributed by atoms with Crippen LogP contribution in [-0.4, -0.2) is 41.8 Å². The van der Waals surface area contributed by atoms with Crippen molar-refractivity contribution >= 4 is 17.8 Å². The fourth-order valence-electron chi connectivity index (χ4n) is 3.02. The number of benzene rings is 1. The molecule has 0 spiro atoms.